The maximum Gasteiger partial charge on any atom is 0.257 e. The molecule has 140 valence electrons. The van der Waals surface area contributed by atoms with Gasteiger partial charge in [0, 0.05) is 30.3 Å². The van der Waals surface area contributed by atoms with Crippen molar-refractivity contribution >= 4 is 17.5 Å². The molecule has 1 atom stereocenters. The Morgan fingerprint density at radius 3 is 2.89 bits per heavy atom. The summed E-state index contributed by atoms with van der Waals surface area (Å²) in [7, 11) is 0. The van der Waals surface area contributed by atoms with Gasteiger partial charge in [0.15, 0.2) is 0 Å². The zero-order chi connectivity index (χ0) is 18.8. The second-order valence-electron chi connectivity index (χ2n) is 6.96. The Kier molecular flexibility index (Phi) is 4.79. The van der Waals surface area contributed by atoms with Crippen molar-refractivity contribution in [3.8, 4) is 5.75 Å². The third-order valence-electron chi connectivity index (χ3n) is 5.15. The zero-order valence-electron chi connectivity index (χ0n) is 14.9. The summed E-state index contributed by atoms with van der Waals surface area (Å²) in [4.78, 5) is 27.4. The molecule has 2 amide bonds. The molecule has 1 saturated heterocycles. The van der Waals surface area contributed by atoms with Crippen molar-refractivity contribution in [2.45, 2.75) is 31.7 Å². The molecule has 4 rings (SSSR count). The van der Waals surface area contributed by atoms with E-state index in [-0.39, 0.29) is 17.5 Å². The Hall–Kier alpha value is -2.89. The average molecular weight is 368 g/mol. The van der Waals surface area contributed by atoms with Crippen molar-refractivity contribution in [3.63, 3.8) is 0 Å². The van der Waals surface area contributed by atoms with E-state index in [1.807, 2.05) is 4.90 Å². The lowest BCUT2D eigenvalue weighted by molar-refractivity contribution is 0.0548. The molecule has 2 heterocycles. The van der Waals surface area contributed by atoms with E-state index in [9.17, 15) is 14.0 Å². The minimum absolute atomic E-state index is 0.0590. The van der Waals surface area contributed by atoms with E-state index in [1.54, 1.807) is 24.3 Å². The number of nitrogens with one attached hydrogen (secondary N) is 1. The van der Waals surface area contributed by atoms with E-state index in [0.29, 0.717) is 23.6 Å². The van der Waals surface area contributed by atoms with Gasteiger partial charge >= 0.3 is 0 Å². The fraction of sp³-hybridized carbons (Fsp3) is 0.333. The van der Waals surface area contributed by atoms with E-state index >= 15 is 0 Å². The number of ether oxygens (including phenoxy) is 1. The molecule has 1 fully saturated rings. The SMILES string of the molecule is O=C(Nc1ccc2c(c1)C(=O)N1CCCCC1CCO2)c1cccc(F)c1. The number of carbonyl (C=O) groups excluding carboxylic acids is 2. The fourth-order valence-electron chi connectivity index (χ4n) is 3.76. The quantitative estimate of drug-likeness (QED) is 0.876. The molecule has 0 saturated carbocycles. The molecule has 0 bridgehead atoms. The van der Waals surface area contributed by atoms with Crippen LogP contribution in [-0.4, -0.2) is 35.9 Å². The van der Waals surface area contributed by atoms with Crippen molar-refractivity contribution in [2.75, 3.05) is 18.5 Å². The van der Waals surface area contributed by atoms with Crippen LogP contribution in [0.4, 0.5) is 10.1 Å². The van der Waals surface area contributed by atoms with Crippen LogP contribution in [0.5, 0.6) is 5.75 Å². The van der Waals surface area contributed by atoms with Gasteiger partial charge in [-0.2, -0.15) is 0 Å². The third-order valence-corrected chi connectivity index (χ3v) is 5.15. The summed E-state index contributed by atoms with van der Waals surface area (Å²) >= 11 is 0. The number of carbonyl (C=O) groups is 2. The second kappa shape index (κ2) is 7.39. The maximum atomic E-state index is 13.3. The standard InChI is InChI=1S/C21H21FN2O3/c22-15-5-3-4-14(12-15)20(25)23-16-7-8-19-18(13-16)21(26)24-10-2-1-6-17(24)9-11-27-19/h3-5,7-8,12-13,17H,1-2,6,9-11H2,(H,23,25). The first-order chi connectivity index (χ1) is 13.1. The van der Waals surface area contributed by atoms with Crippen molar-refractivity contribution < 1.29 is 18.7 Å². The number of hydrogen-bond donors (Lipinski definition) is 1. The van der Waals surface area contributed by atoms with E-state index in [4.69, 9.17) is 4.74 Å². The molecular weight excluding hydrogens is 347 g/mol. The highest BCUT2D eigenvalue weighted by molar-refractivity contribution is 6.05. The van der Waals surface area contributed by atoms with Crippen LogP contribution in [0.15, 0.2) is 42.5 Å². The number of halogens is 1. The molecule has 2 aromatic rings. The van der Waals surface area contributed by atoms with E-state index < -0.39 is 11.7 Å². The first kappa shape index (κ1) is 17.5. The lowest BCUT2D eigenvalue weighted by Crippen LogP contribution is -2.45. The number of nitrogens with zero attached hydrogens (tertiary/aromatic N) is 1. The molecule has 0 aromatic heterocycles. The lowest BCUT2D eigenvalue weighted by Gasteiger charge is -2.37. The first-order valence-electron chi connectivity index (χ1n) is 9.26. The molecule has 5 nitrogen and oxygen atoms in total. The number of benzene rings is 2. The predicted octanol–water partition coefficient (Wildman–Crippen LogP) is 3.86. The van der Waals surface area contributed by atoms with Gasteiger partial charge in [0.1, 0.15) is 11.6 Å². The van der Waals surface area contributed by atoms with Crippen molar-refractivity contribution in [1.29, 1.82) is 0 Å². The molecule has 0 spiro atoms. The molecular formula is C21H21FN2O3. The summed E-state index contributed by atoms with van der Waals surface area (Å²) in [6.45, 7) is 1.32. The number of amides is 2. The minimum atomic E-state index is -0.472. The number of hydrogen-bond acceptors (Lipinski definition) is 3. The minimum Gasteiger partial charge on any atom is -0.493 e. The zero-order valence-corrected chi connectivity index (χ0v) is 14.9. The molecule has 27 heavy (non-hydrogen) atoms. The van der Waals surface area contributed by atoms with Gasteiger partial charge in [0.2, 0.25) is 0 Å². The summed E-state index contributed by atoms with van der Waals surface area (Å²) in [5.74, 6) is -0.422. The van der Waals surface area contributed by atoms with Crippen LogP contribution in [0.25, 0.3) is 0 Å². The van der Waals surface area contributed by atoms with Gasteiger partial charge in [-0.05, 0) is 55.7 Å². The van der Waals surface area contributed by atoms with Gasteiger partial charge in [0.25, 0.3) is 11.8 Å². The van der Waals surface area contributed by atoms with E-state index in [2.05, 4.69) is 5.32 Å². The van der Waals surface area contributed by atoms with E-state index in [1.165, 1.54) is 18.2 Å². The largest absolute Gasteiger partial charge is 0.493 e. The van der Waals surface area contributed by atoms with Crippen molar-refractivity contribution in [2.24, 2.45) is 0 Å². The number of fused-ring (bicyclic) bond motifs is 2. The first-order valence-corrected chi connectivity index (χ1v) is 9.26. The van der Waals surface area contributed by atoms with Crippen LogP contribution in [0.2, 0.25) is 0 Å². The smallest absolute Gasteiger partial charge is 0.257 e. The topological polar surface area (TPSA) is 58.6 Å². The number of anilines is 1. The molecule has 2 aliphatic heterocycles. The molecule has 2 aliphatic rings. The van der Waals surface area contributed by atoms with Crippen LogP contribution >= 0.6 is 0 Å². The fourth-order valence-corrected chi connectivity index (χ4v) is 3.76. The van der Waals surface area contributed by atoms with Crippen LogP contribution in [0, 0.1) is 5.82 Å². The van der Waals surface area contributed by atoms with Gasteiger partial charge < -0.3 is 15.0 Å². The Morgan fingerprint density at radius 2 is 2.04 bits per heavy atom. The van der Waals surface area contributed by atoms with Gasteiger partial charge in [-0.15, -0.1) is 0 Å². The number of rotatable bonds is 2. The molecule has 0 radical (unpaired) electrons. The van der Waals surface area contributed by atoms with Crippen LogP contribution in [-0.2, 0) is 0 Å². The van der Waals surface area contributed by atoms with Crippen LogP contribution in [0.3, 0.4) is 0 Å². The molecule has 1 unspecified atom stereocenters. The van der Waals surface area contributed by atoms with E-state index in [0.717, 1.165) is 32.2 Å². The summed E-state index contributed by atoms with van der Waals surface area (Å²) in [5.41, 5.74) is 1.16. The van der Waals surface area contributed by atoms with Gasteiger partial charge in [-0.25, -0.2) is 4.39 Å². The van der Waals surface area contributed by atoms with Crippen molar-refractivity contribution in [1.82, 2.24) is 4.90 Å². The monoisotopic (exact) mass is 368 g/mol. The Bertz CT molecular complexity index is 883. The Labute approximate surface area is 157 Å². The molecule has 2 aromatic carbocycles. The van der Waals surface area contributed by atoms with Gasteiger partial charge in [-0.3, -0.25) is 9.59 Å². The highest BCUT2D eigenvalue weighted by Gasteiger charge is 2.31. The summed E-state index contributed by atoms with van der Waals surface area (Å²) in [5, 5.41) is 2.73. The Morgan fingerprint density at radius 1 is 1.15 bits per heavy atom. The normalized spacial score (nSPS) is 19.2. The summed E-state index contributed by atoms with van der Waals surface area (Å²) in [6, 6.07) is 10.7. The molecule has 0 aliphatic carbocycles. The average Bonchev–Trinajstić information content (AvgIpc) is 2.67. The predicted molar refractivity (Wildman–Crippen MR) is 99.6 cm³/mol. The lowest BCUT2D eigenvalue weighted by atomic mass is 9.97. The van der Waals surface area contributed by atoms with Gasteiger partial charge in [0.05, 0.1) is 12.2 Å². The third kappa shape index (κ3) is 3.65. The van der Waals surface area contributed by atoms with Gasteiger partial charge in [-0.1, -0.05) is 6.07 Å². The summed E-state index contributed by atoms with van der Waals surface area (Å²) < 4.78 is 19.1. The highest BCUT2D eigenvalue weighted by atomic mass is 19.1. The van der Waals surface area contributed by atoms with Crippen LogP contribution < -0.4 is 10.1 Å². The maximum absolute atomic E-state index is 13.3. The highest BCUT2D eigenvalue weighted by Crippen LogP contribution is 2.31. The second-order valence-corrected chi connectivity index (χ2v) is 6.96. The molecule has 6 heteroatoms. The Balaban J connectivity index is 1.60. The summed E-state index contributed by atoms with van der Waals surface area (Å²) in [6.07, 6.45) is 3.98. The molecule has 1 N–H and O–H groups in total. The van der Waals surface area contributed by atoms with Crippen LogP contribution in [0.1, 0.15) is 46.4 Å². The van der Waals surface area contributed by atoms with Crippen molar-refractivity contribution in [3.05, 3.63) is 59.4 Å². The number of piperidine rings is 1.